The third-order valence-corrected chi connectivity index (χ3v) is 5.23. The Morgan fingerprint density at radius 3 is 2.45 bits per heavy atom. The Morgan fingerprint density at radius 2 is 1.75 bits per heavy atom. The first-order valence-corrected chi connectivity index (χ1v) is 8.57. The SMILES string of the molecule is CCC(Nc1ccccc1-c1cccs1)c1cccs1. The van der Waals surface area contributed by atoms with Crippen molar-refractivity contribution < 1.29 is 0 Å². The summed E-state index contributed by atoms with van der Waals surface area (Å²) >= 11 is 3.60. The second kappa shape index (κ2) is 6.25. The van der Waals surface area contributed by atoms with Gasteiger partial charge in [-0.05, 0) is 35.4 Å². The predicted molar refractivity (Wildman–Crippen MR) is 90.7 cm³/mol. The van der Waals surface area contributed by atoms with Crippen LogP contribution in [0.2, 0.25) is 0 Å². The smallest absolute Gasteiger partial charge is 0.0604 e. The second-order valence-corrected chi connectivity index (χ2v) is 6.57. The van der Waals surface area contributed by atoms with E-state index in [-0.39, 0.29) is 0 Å². The van der Waals surface area contributed by atoms with Crippen LogP contribution in [0.1, 0.15) is 24.3 Å². The number of rotatable bonds is 5. The van der Waals surface area contributed by atoms with Crippen LogP contribution in [0.15, 0.2) is 59.3 Å². The highest BCUT2D eigenvalue weighted by Gasteiger charge is 2.13. The van der Waals surface area contributed by atoms with E-state index in [0.717, 1.165) is 6.42 Å². The lowest BCUT2D eigenvalue weighted by Gasteiger charge is -2.19. The first-order chi connectivity index (χ1) is 9.88. The van der Waals surface area contributed by atoms with Gasteiger partial charge in [-0.1, -0.05) is 37.3 Å². The van der Waals surface area contributed by atoms with Crippen LogP contribution < -0.4 is 5.32 Å². The summed E-state index contributed by atoms with van der Waals surface area (Å²) in [5.74, 6) is 0. The molecule has 1 atom stereocenters. The van der Waals surface area contributed by atoms with Gasteiger partial charge in [0.15, 0.2) is 0 Å². The molecule has 0 aliphatic heterocycles. The summed E-state index contributed by atoms with van der Waals surface area (Å²) in [6, 6.07) is 17.6. The van der Waals surface area contributed by atoms with E-state index >= 15 is 0 Å². The fourth-order valence-corrected chi connectivity index (χ4v) is 3.93. The molecule has 0 aliphatic carbocycles. The summed E-state index contributed by atoms with van der Waals surface area (Å²) in [7, 11) is 0. The molecule has 0 bridgehead atoms. The summed E-state index contributed by atoms with van der Waals surface area (Å²) in [6.45, 7) is 2.23. The average Bonchev–Trinajstić information content (AvgIpc) is 3.18. The Hall–Kier alpha value is -1.58. The summed E-state index contributed by atoms with van der Waals surface area (Å²) in [4.78, 5) is 2.71. The maximum absolute atomic E-state index is 3.71. The maximum Gasteiger partial charge on any atom is 0.0604 e. The number of benzene rings is 1. The van der Waals surface area contributed by atoms with E-state index in [1.165, 1.54) is 21.0 Å². The van der Waals surface area contributed by atoms with E-state index in [2.05, 4.69) is 71.5 Å². The van der Waals surface area contributed by atoms with E-state index < -0.39 is 0 Å². The lowest BCUT2D eigenvalue weighted by Crippen LogP contribution is -2.08. The third kappa shape index (κ3) is 2.79. The minimum Gasteiger partial charge on any atom is -0.377 e. The normalized spacial score (nSPS) is 12.2. The van der Waals surface area contributed by atoms with Gasteiger partial charge in [0, 0.05) is 21.0 Å². The van der Waals surface area contributed by atoms with Crippen LogP contribution in [-0.2, 0) is 0 Å². The number of hydrogen-bond donors (Lipinski definition) is 1. The third-order valence-electron chi connectivity index (χ3n) is 3.34. The molecule has 3 aromatic rings. The van der Waals surface area contributed by atoms with Crippen LogP contribution in [0.3, 0.4) is 0 Å². The van der Waals surface area contributed by atoms with Crippen molar-refractivity contribution in [2.45, 2.75) is 19.4 Å². The van der Waals surface area contributed by atoms with Crippen LogP contribution in [-0.4, -0.2) is 0 Å². The zero-order valence-electron chi connectivity index (χ0n) is 11.4. The first-order valence-electron chi connectivity index (χ1n) is 6.81. The van der Waals surface area contributed by atoms with Gasteiger partial charge in [0.05, 0.1) is 6.04 Å². The summed E-state index contributed by atoms with van der Waals surface area (Å²) in [5, 5.41) is 7.98. The lowest BCUT2D eigenvalue weighted by molar-refractivity contribution is 0.764. The predicted octanol–water partition coefficient (Wildman–Crippen LogP) is 6.04. The highest BCUT2D eigenvalue weighted by molar-refractivity contribution is 7.13. The molecule has 3 heteroatoms. The standard InChI is InChI=1S/C17H17NS2/c1-2-14(17-10-6-12-20-17)18-15-8-4-3-7-13(15)16-9-5-11-19-16/h3-12,14,18H,2H2,1H3. The molecule has 1 unspecified atom stereocenters. The largest absolute Gasteiger partial charge is 0.377 e. The zero-order valence-corrected chi connectivity index (χ0v) is 13.0. The molecule has 0 spiro atoms. The fourth-order valence-electron chi connectivity index (χ4n) is 2.31. The van der Waals surface area contributed by atoms with Crippen molar-refractivity contribution in [1.29, 1.82) is 0 Å². The van der Waals surface area contributed by atoms with Crippen molar-refractivity contribution in [3.63, 3.8) is 0 Å². The molecular formula is C17H17NS2. The van der Waals surface area contributed by atoms with Crippen molar-refractivity contribution in [3.8, 4) is 10.4 Å². The Kier molecular flexibility index (Phi) is 4.19. The van der Waals surface area contributed by atoms with Crippen molar-refractivity contribution in [2.75, 3.05) is 5.32 Å². The molecule has 0 saturated heterocycles. The van der Waals surface area contributed by atoms with Crippen molar-refractivity contribution in [1.82, 2.24) is 0 Å². The molecule has 20 heavy (non-hydrogen) atoms. The number of hydrogen-bond acceptors (Lipinski definition) is 3. The van der Waals surface area contributed by atoms with Gasteiger partial charge in [-0.2, -0.15) is 0 Å². The van der Waals surface area contributed by atoms with Crippen molar-refractivity contribution in [3.05, 3.63) is 64.2 Å². The van der Waals surface area contributed by atoms with E-state index in [1.807, 2.05) is 11.3 Å². The van der Waals surface area contributed by atoms with E-state index in [0.29, 0.717) is 6.04 Å². The quantitative estimate of drug-likeness (QED) is 0.605. The second-order valence-electron chi connectivity index (χ2n) is 4.64. The molecular weight excluding hydrogens is 282 g/mol. The van der Waals surface area contributed by atoms with E-state index in [4.69, 9.17) is 0 Å². The molecule has 2 aromatic heterocycles. The highest BCUT2D eigenvalue weighted by atomic mass is 32.1. The van der Waals surface area contributed by atoms with E-state index in [9.17, 15) is 0 Å². The van der Waals surface area contributed by atoms with Gasteiger partial charge in [-0.25, -0.2) is 0 Å². The van der Waals surface area contributed by atoms with Crippen LogP contribution in [0.4, 0.5) is 5.69 Å². The van der Waals surface area contributed by atoms with Gasteiger partial charge in [0.1, 0.15) is 0 Å². The van der Waals surface area contributed by atoms with Crippen LogP contribution in [0.25, 0.3) is 10.4 Å². The molecule has 1 aromatic carbocycles. The number of anilines is 1. The molecule has 2 heterocycles. The number of thiophene rings is 2. The molecule has 0 radical (unpaired) electrons. The average molecular weight is 299 g/mol. The molecule has 1 nitrogen and oxygen atoms in total. The topological polar surface area (TPSA) is 12.0 Å². The molecule has 102 valence electrons. The Bertz CT molecular complexity index is 641. The molecule has 0 fully saturated rings. The highest BCUT2D eigenvalue weighted by Crippen LogP contribution is 2.34. The Balaban J connectivity index is 1.91. The van der Waals surface area contributed by atoms with Gasteiger partial charge in [0.25, 0.3) is 0 Å². The fraction of sp³-hybridized carbons (Fsp3) is 0.176. The van der Waals surface area contributed by atoms with Gasteiger partial charge in [-0.15, -0.1) is 22.7 Å². The van der Waals surface area contributed by atoms with Crippen molar-refractivity contribution >= 4 is 28.4 Å². The molecule has 0 saturated carbocycles. The number of nitrogens with one attached hydrogen (secondary N) is 1. The summed E-state index contributed by atoms with van der Waals surface area (Å²) < 4.78 is 0. The Labute approximate surface area is 127 Å². The van der Waals surface area contributed by atoms with Gasteiger partial charge < -0.3 is 5.32 Å². The minimum absolute atomic E-state index is 0.385. The molecule has 0 aliphatic rings. The van der Waals surface area contributed by atoms with Crippen LogP contribution >= 0.6 is 22.7 Å². The Morgan fingerprint density at radius 1 is 0.950 bits per heavy atom. The molecule has 1 N–H and O–H groups in total. The molecule has 0 amide bonds. The monoisotopic (exact) mass is 299 g/mol. The summed E-state index contributed by atoms with van der Waals surface area (Å²) in [6.07, 6.45) is 1.08. The minimum atomic E-state index is 0.385. The van der Waals surface area contributed by atoms with Gasteiger partial charge >= 0.3 is 0 Å². The molecule has 3 rings (SSSR count). The van der Waals surface area contributed by atoms with Gasteiger partial charge in [0.2, 0.25) is 0 Å². The first kappa shape index (κ1) is 13.4. The van der Waals surface area contributed by atoms with E-state index in [1.54, 1.807) is 11.3 Å². The number of para-hydroxylation sites is 1. The lowest BCUT2D eigenvalue weighted by atomic mass is 10.1. The van der Waals surface area contributed by atoms with Crippen LogP contribution in [0, 0.1) is 0 Å². The van der Waals surface area contributed by atoms with Crippen LogP contribution in [0.5, 0.6) is 0 Å². The van der Waals surface area contributed by atoms with Gasteiger partial charge in [-0.3, -0.25) is 0 Å². The van der Waals surface area contributed by atoms with Crippen molar-refractivity contribution in [2.24, 2.45) is 0 Å². The zero-order chi connectivity index (χ0) is 13.8. The summed E-state index contributed by atoms with van der Waals surface area (Å²) in [5.41, 5.74) is 2.51. The maximum atomic E-state index is 3.71.